The SMILES string of the molecule is COc1ccccc1OCC(=O)Nc1ccc2c(c1)N(CCCN(C)C)C(=O)CO2. The third kappa shape index (κ3) is 5.42. The smallest absolute Gasteiger partial charge is 0.265 e. The van der Waals surface area contributed by atoms with E-state index in [2.05, 4.69) is 10.2 Å². The number of ether oxygens (including phenoxy) is 3. The first kappa shape index (κ1) is 21.4. The number of amides is 2. The number of hydrogen-bond donors (Lipinski definition) is 1. The summed E-state index contributed by atoms with van der Waals surface area (Å²) in [7, 11) is 5.54. The van der Waals surface area contributed by atoms with E-state index < -0.39 is 0 Å². The van der Waals surface area contributed by atoms with Crippen LogP contribution in [-0.2, 0) is 9.59 Å². The van der Waals surface area contributed by atoms with Crippen molar-refractivity contribution in [2.45, 2.75) is 6.42 Å². The number of benzene rings is 2. The number of nitrogens with one attached hydrogen (secondary N) is 1. The van der Waals surface area contributed by atoms with Crippen molar-refractivity contribution in [3.63, 3.8) is 0 Å². The molecule has 30 heavy (non-hydrogen) atoms. The van der Waals surface area contributed by atoms with E-state index >= 15 is 0 Å². The van der Waals surface area contributed by atoms with E-state index in [0.717, 1.165) is 13.0 Å². The lowest BCUT2D eigenvalue weighted by atomic mass is 10.2. The Morgan fingerprint density at radius 3 is 2.70 bits per heavy atom. The number of nitrogens with zero attached hydrogens (tertiary/aromatic N) is 2. The number of fused-ring (bicyclic) bond motifs is 1. The first-order valence-electron chi connectivity index (χ1n) is 9.75. The van der Waals surface area contributed by atoms with Gasteiger partial charge in [0.1, 0.15) is 5.75 Å². The number of methoxy groups -OCH3 is 1. The molecule has 0 saturated carbocycles. The molecule has 0 bridgehead atoms. The standard InChI is InChI=1S/C22H27N3O5/c1-24(2)11-6-12-25-17-13-16(9-10-18(17)30-15-22(25)27)23-21(26)14-29-20-8-5-4-7-19(20)28-3/h4-5,7-10,13H,6,11-12,14-15H2,1-3H3,(H,23,26). The van der Waals surface area contributed by atoms with E-state index in [1.165, 1.54) is 0 Å². The van der Waals surface area contributed by atoms with Crippen molar-refractivity contribution < 1.29 is 23.8 Å². The number of para-hydroxylation sites is 2. The van der Waals surface area contributed by atoms with E-state index in [1.54, 1.807) is 48.4 Å². The van der Waals surface area contributed by atoms with Crippen molar-refractivity contribution >= 4 is 23.2 Å². The van der Waals surface area contributed by atoms with E-state index in [0.29, 0.717) is 35.2 Å². The Morgan fingerprint density at radius 2 is 1.97 bits per heavy atom. The number of carbonyl (C=O) groups excluding carboxylic acids is 2. The first-order chi connectivity index (χ1) is 14.5. The number of hydrogen-bond acceptors (Lipinski definition) is 6. The molecule has 0 radical (unpaired) electrons. The second kappa shape index (κ2) is 9.98. The van der Waals surface area contributed by atoms with Crippen molar-refractivity contribution in [2.24, 2.45) is 0 Å². The Bertz CT molecular complexity index is 900. The van der Waals surface area contributed by atoms with Crippen LogP contribution in [-0.4, -0.2) is 64.2 Å². The molecule has 0 fully saturated rings. The van der Waals surface area contributed by atoms with Gasteiger partial charge in [0.15, 0.2) is 24.7 Å². The van der Waals surface area contributed by atoms with E-state index in [4.69, 9.17) is 14.2 Å². The van der Waals surface area contributed by atoms with Gasteiger partial charge in [0.25, 0.3) is 11.8 Å². The van der Waals surface area contributed by atoms with Gasteiger partial charge >= 0.3 is 0 Å². The maximum absolute atomic E-state index is 12.4. The highest BCUT2D eigenvalue weighted by atomic mass is 16.5. The molecule has 8 heteroatoms. The van der Waals surface area contributed by atoms with Crippen LogP contribution in [0.25, 0.3) is 0 Å². The van der Waals surface area contributed by atoms with E-state index in [9.17, 15) is 9.59 Å². The van der Waals surface area contributed by atoms with Gasteiger partial charge < -0.3 is 29.3 Å². The Hall–Kier alpha value is -3.26. The lowest BCUT2D eigenvalue weighted by Gasteiger charge is -2.30. The summed E-state index contributed by atoms with van der Waals surface area (Å²) in [5.41, 5.74) is 1.23. The molecule has 0 spiro atoms. The second-order valence-corrected chi connectivity index (χ2v) is 7.16. The van der Waals surface area contributed by atoms with Gasteiger partial charge in [0.05, 0.1) is 12.8 Å². The minimum atomic E-state index is -0.317. The molecule has 0 unspecified atom stereocenters. The predicted molar refractivity (Wildman–Crippen MR) is 115 cm³/mol. The molecular weight excluding hydrogens is 386 g/mol. The van der Waals surface area contributed by atoms with Gasteiger partial charge in [-0.3, -0.25) is 9.59 Å². The molecule has 1 aliphatic rings. The average Bonchev–Trinajstić information content (AvgIpc) is 2.74. The topological polar surface area (TPSA) is 80.3 Å². The van der Waals surface area contributed by atoms with Crippen LogP contribution in [0.2, 0.25) is 0 Å². The van der Waals surface area contributed by atoms with Gasteiger partial charge in [-0.1, -0.05) is 12.1 Å². The van der Waals surface area contributed by atoms with Crippen LogP contribution >= 0.6 is 0 Å². The van der Waals surface area contributed by atoms with Crippen LogP contribution in [0.4, 0.5) is 11.4 Å². The minimum Gasteiger partial charge on any atom is -0.493 e. The third-order valence-corrected chi connectivity index (χ3v) is 4.60. The average molecular weight is 413 g/mol. The number of carbonyl (C=O) groups is 2. The minimum absolute atomic E-state index is 0.0212. The van der Waals surface area contributed by atoms with Crippen LogP contribution < -0.4 is 24.4 Å². The highest BCUT2D eigenvalue weighted by Gasteiger charge is 2.25. The number of anilines is 2. The fraction of sp³-hybridized carbons (Fsp3) is 0.364. The van der Waals surface area contributed by atoms with Gasteiger partial charge in [0.2, 0.25) is 0 Å². The molecule has 2 aromatic rings. The normalized spacial score (nSPS) is 12.9. The van der Waals surface area contributed by atoms with Gasteiger partial charge in [-0.05, 0) is 57.4 Å². The first-order valence-corrected chi connectivity index (χ1v) is 9.75. The predicted octanol–water partition coefficient (Wildman–Crippen LogP) is 2.39. The van der Waals surface area contributed by atoms with Gasteiger partial charge in [-0.2, -0.15) is 0 Å². The fourth-order valence-corrected chi connectivity index (χ4v) is 3.15. The highest BCUT2D eigenvalue weighted by Crippen LogP contribution is 2.34. The molecular formula is C22H27N3O5. The highest BCUT2D eigenvalue weighted by molar-refractivity contribution is 5.99. The quantitative estimate of drug-likeness (QED) is 0.680. The van der Waals surface area contributed by atoms with Crippen molar-refractivity contribution in [1.82, 2.24) is 4.90 Å². The summed E-state index contributed by atoms with van der Waals surface area (Å²) in [4.78, 5) is 28.5. The molecule has 0 saturated heterocycles. The zero-order chi connectivity index (χ0) is 21.5. The second-order valence-electron chi connectivity index (χ2n) is 7.16. The maximum atomic E-state index is 12.4. The molecule has 1 N–H and O–H groups in total. The van der Waals surface area contributed by atoms with Gasteiger partial charge in [-0.15, -0.1) is 0 Å². The van der Waals surface area contributed by atoms with Gasteiger partial charge in [-0.25, -0.2) is 0 Å². The van der Waals surface area contributed by atoms with Crippen LogP contribution in [0.1, 0.15) is 6.42 Å². The van der Waals surface area contributed by atoms with Gasteiger partial charge in [0, 0.05) is 12.2 Å². The summed E-state index contributed by atoms with van der Waals surface area (Å²) < 4.78 is 16.3. The third-order valence-electron chi connectivity index (χ3n) is 4.60. The molecule has 1 heterocycles. The number of rotatable bonds is 9. The molecule has 3 rings (SSSR count). The lowest BCUT2D eigenvalue weighted by Crippen LogP contribution is -2.40. The Morgan fingerprint density at radius 1 is 1.20 bits per heavy atom. The summed E-state index contributed by atoms with van der Waals surface area (Å²) in [6.07, 6.45) is 0.835. The maximum Gasteiger partial charge on any atom is 0.265 e. The summed E-state index contributed by atoms with van der Waals surface area (Å²) in [5, 5.41) is 2.80. The van der Waals surface area contributed by atoms with Crippen molar-refractivity contribution in [1.29, 1.82) is 0 Å². The molecule has 2 amide bonds. The summed E-state index contributed by atoms with van der Waals surface area (Å²) in [6, 6.07) is 12.4. The summed E-state index contributed by atoms with van der Waals surface area (Å²) in [6.45, 7) is 1.31. The summed E-state index contributed by atoms with van der Waals surface area (Å²) in [5.74, 6) is 1.27. The van der Waals surface area contributed by atoms with Crippen LogP contribution in [0.3, 0.4) is 0 Å². The molecule has 1 aliphatic heterocycles. The van der Waals surface area contributed by atoms with E-state index in [1.807, 2.05) is 20.2 Å². The molecule has 0 aliphatic carbocycles. The fourth-order valence-electron chi connectivity index (χ4n) is 3.15. The Kier molecular flexibility index (Phi) is 7.13. The molecule has 160 valence electrons. The van der Waals surface area contributed by atoms with Crippen molar-refractivity contribution in [2.75, 3.05) is 57.7 Å². The monoisotopic (exact) mass is 413 g/mol. The van der Waals surface area contributed by atoms with Crippen LogP contribution in [0.5, 0.6) is 17.2 Å². The molecule has 8 nitrogen and oxygen atoms in total. The Balaban J connectivity index is 1.65. The van der Waals surface area contributed by atoms with Crippen LogP contribution in [0, 0.1) is 0 Å². The lowest BCUT2D eigenvalue weighted by molar-refractivity contribution is -0.121. The largest absolute Gasteiger partial charge is 0.493 e. The van der Waals surface area contributed by atoms with Crippen molar-refractivity contribution in [3.05, 3.63) is 42.5 Å². The summed E-state index contributed by atoms with van der Waals surface area (Å²) >= 11 is 0. The zero-order valence-corrected chi connectivity index (χ0v) is 17.5. The van der Waals surface area contributed by atoms with Crippen LogP contribution in [0.15, 0.2) is 42.5 Å². The Labute approximate surface area is 176 Å². The zero-order valence-electron chi connectivity index (χ0n) is 17.5. The molecule has 0 aromatic heterocycles. The molecule has 0 atom stereocenters. The molecule has 2 aromatic carbocycles. The van der Waals surface area contributed by atoms with E-state index in [-0.39, 0.29) is 25.0 Å². The van der Waals surface area contributed by atoms with Crippen molar-refractivity contribution in [3.8, 4) is 17.2 Å².